The molecule has 1 saturated carbocycles. The fourth-order valence-corrected chi connectivity index (χ4v) is 4.41. The normalized spacial score (nSPS) is 26.1. The molecule has 1 atom stereocenters. The molecule has 1 saturated heterocycles. The highest BCUT2D eigenvalue weighted by molar-refractivity contribution is 7.89. The van der Waals surface area contributed by atoms with Gasteiger partial charge < -0.3 is 9.64 Å². The molecular formula is C14H16N2O4S. The molecule has 1 N–H and O–H groups in total. The lowest BCUT2D eigenvalue weighted by Crippen LogP contribution is -2.48. The fourth-order valence-electron chi connectivity index (χ4n) is 2.95. The van der Waals surface area contributed by atoms with E-state index in [9.17, 15) is 13.2 Å². The molecule has 1 aromatic carbocycles. The fraction of sp³-hybridized carbons (Fsp3) is 0.500. The van der Waals surface area contributed by atoms with Crippen molar-refractivity contribution in [3.63, 3.8) is 0 Å². The monoisotopic (exact) mass is 308 g/mol. The third kappa shape index (κ3) is 2.20. The van der Waals surface area contributed by atoms with E-state index in [4.69, 9.17) is 4.74 Å². The van der Waals surface area contributed by atoms with Crippen molar-refractivity contribution in [3.8, 4) is 5.75 Å². The first-order chi connectivity index (χ1) is 10.0. The van der Waals surface area contributed by atoms with E-state index in [0.29, 0.717) is 11.4 Å². The van der Waals surface area contributed by atoms with Crippen molar-refractivity contribution in [2.45, 2.75) is 36.7 Å². The molecule has 2 heterocycles. The van der Waals surface area contributed by atoms with E-state index in [1.165, 1.54) is 6.07 Å². The Bertz CT molecular complexity index is 712. The van der Waals surface area contributed by atoms with Crippen LogP contribution in [0, 0.1) is 5.92 Å². The van der Waals surface area contributed by atoms with Crippen LogP contribution in [0.3, 0.4) is 0 Å². The number of hydrogen-bond donors (Lipinski definition) is 1. The van der Waals surface area contributed by atoms with Crippen molar-refractivity contribution in [3.05, 3.63) is 18.2 Å². The van der Waals surface area contributed by atoms with Crippen LogP contribution in [0.15, 0.2) is 23.1 Å². The number of ether oxygens (including phenoxy) is 1. The van der Waals surface area contributed by atoms with E-state index in [0.717, 1.165) is 32.2 Å². The number of nitrogens with one attached hydrogen (secondary N) is 1. The second kappa shape index (κ2) is 4.45. The molecule has 0 spiro atoms. The summed E-state index contributed by atoms with van der Waals surface area (Å²) in [6.45, 7) is 0.835. The Hall–Kier alpha value is -1.60. The predicted molar refractivity (Wildman–Crippen MR) is 75.5 cm³/mol. The molecule has 0 aromatic heterocycles. The number of carbonyl (C=O) groups excluding carboxylic acids is 1. The van der Waals surface area contributed by atoms with Crippen LogP contribution in [0.5, 0.6) is 5.75 Å². The van der Waals surface area contributed by atoms with E-state index in [2.05, 4.69) is 9.62 Å². The van der Waals surface area contributed by atoms with Gasteiger partial charge in [-0.3, -0.25) is 4.79 Å². The summed E-state index contributed by atoms with van der Waals surface area (Å²) in [5.41, 5.74) is 0.697. The molecule has 6 nitrogen and oxygen atoms in total. The van der Waals surface area contributed by atoms with Crippen molar-refractivity contribution >= 4 is 21.7 Å². The van der Waals surface area contributed by atoms with Gasteiger partial charge in [-0.25, -0.2) is 8.42 Å². The Morgan fingerprint density at radius 3 is 2.86 bits per heavy atom. The summed E-state index contributed by atoms with van der Waals surface area (Å²) in [4.78, 5) is 13.9. The first-order valence-corrected chi connectivity index (χ1v) is 8.68. The summed E-state index contributed by atoms with van der Waals surface area (Å²) in [5, 5.41) is 0. The minimum atomic E-state index is -3.54. The molecule has 0 amide bonds. The number of anilines is 1. The van der Waals surface area contributed by atoms with Gasteiger partial charge in [0.25, 0.3) is 0 Å². The third-order valence-corrected chi connectivity index (χ3v) is 5.69. The van der Waals surface area contributed by atoms with Crippen LogP contribution in [0.4, 0.5) is 5.69 Å². The molecule has 3 aliphatic rings. The number of sulfonamides is 1. The van der Waals surface area contributed by atoms with Gasteiger partial charge in [-0.15, -0.1) is 0 Å². The number of rotatable bonds is 2. The smallest absolute Gasteiger partial charge is 0.314 e. The lowest BCUT2D eigenvalue weighted by atomic mass is 10.2. The van der Waals surface area contributed by atoms with Crippen LogP contribution in [0.25, 0.3) is 0 Å². The summed E-state index contributed by atoms with van der Waals surface area (Å²) >= 11 is 0. The molecule has 0 radical (unpaired) electrons. The van der Waals surface area contributed by atoms with Gasteiger partial charge >= 0.3 is 5.97 Å². The number of benzene rings is 1. The largest absolute Gasteiger partial charge is 0.426 e. The van der Waals surface area contributed by atoms with Crippen molar-refractivity contribution in [2.75, 3.05) is 11.4 Å². The standard InChI is InChI=1S/C14H16N2O4S/c17-14(9-3-4-9)20-10-5-6-11-12(8-10)21(18,19)15-13-2-1-7-16(11)13/h5-6,8-9,13,15H,1-4,7H2. The summed E-state index contributed by atoms with van der Waals surface area (Å²) in [6.07, 6.45) is 3.35. The Kier molecular flexibility index (Phi) is 2.77. The molecule has 21 heavy (non-hydrogen) atoms. The average Bonchev–Trinajstić information content (AvgIpc) is 3.19. The van der Waals surface area contributed by atoms with Gasteiger partial charge in [-0.1, -0.05) is 0 Å². The maximum Gasteiger partial charge on any atom is 0.314 e. The summed E-state index contributed by atoms with van der Waals surface area (Å²) in [7, 11) is -3.54. The molecular weight excluding hydrogens is 292 g/mol. The van der Waals surface area contributed by atoms with Gasteiger partial charge in [0.15, 0.2) is 0 Å². The van der Waals surface area contributed by atoms with Gasteiger partial charge in [0.2, 0.25) is 10.0 Å². The topological polar surface area (TPSA) is 75.7 Å². The minimum Gasteiger partial charge on any atom is -0.426 e. The number of esters is 1. The first-order valence-electron chi connectivity index (χ1n) is 7.19. The molecule has 1 aliphatic carbocycles. The average molecular weight is 308 g/mol. The van der Waals surface area contributed by atoms with Gasteiger partial charge in [0.1, 0.15) is 10.6 Å². The Labute approximate surface area is 123 Å². The molecule has 1 unspecified atom stereocenters. The van der Waals surface area contributed by atoms with Crippen molar-refractivity contribution in [2.24, 2.45) is 5.92 Å². The Balaban J connectivity index is 1.71. The second-order valence-corrected chi connectivity index (χ2v) is 7.48. The van der Waals surface area contributed by atoms with Crippen LogP contribution < -0.4 is 14.4 Å². The van der Waals surface area contributed by atoms with Gasteiger partial charge in [0.05, 0.1) is 17.8 Å². The Morgan fingerprint density at radius 1 is 1.29 bits per heavy atom. The summed E-state index contributed by atoms with van der Waals surface area (Å²) in [6, 6.07) is 4.86. The number of fused-ring (bicyclic) bond motifs is 3. The molecule has 0 bridgehead atoms. The highest BCUT2D eigenvalue weighted by Gasteiger charge is 2.38. The molecule has 4 rings (SSSR count). The zero-order valence-electron chi connectivity index (χ0n) is 11.4. The van der Waals surface area contributed by atoms with Crippen molar-refractivity contribution in [1.82, 2.24) is 4.72 Å². The van der Waals surface area contributed by atoms with Crippen LogP contribution in [-0.4, -0.2) is 27.1 Å². The van der Waals surface area contributed by atoms with E-state index in [1.54, 1.807) is 12.1 Å². The van der Waals surface area contributed by atoms with E-state index < -0.39 is 10.0 Å². The van der Waals surface area contributed by atoms with Gasteiger partial charge in [0, 0.05) is 12.6 Å². The van der Waals surface area contributed by atoms with Crippen molar-refractivity contribution in [1.29, 1.82) is 0 Å². The molecule has 112 valence electrons. The number of carbonyl (C=O) groups is 1. The SMILES string of the molecule is O=C(Oc1ccc2c(c1)S(=O)(=O)NC1CCCN21)C1CC1. The van der Waals surface area contributed by atoms with Gasteiger partial charge in [-0.2, -0.15) is 4.72 Å². The van der Waals surface area contributed by atoms with Crippen LogP contribution in [-0.2, 0) is 14.8 Å². The maximum absolute atomic E-state index is 12.3. The number of hydrogen-bond acceptors (Lipinski definition) is 5. The molecule has 2 fully saturated rings. The van der Waals surface area contributed by atoms with Crippen LogP contribution >= 0.6 is 0 Å². The van der Waals surface area contributed by atoms with Crippen molar-refractivity contribution < 1.29 is 17.9 Å². The van der Waals surface area contributed by atoms with E-state index in [-0.39, 0.29) is 22.9 Å². The van der Waals surface area contributed by atoms with Crippen LogP contribution in [0.2, 0.25) is 0 Å². The zero-order valence-corrected chi connectivity index (χ0v) is 12.2. The third-order valence-electron chi connectivity index (χ3n) is 4.20. The van der Waals surface area contributed by atoms with Crippen LogP contribution in [0.1, 0.15) is 25.7 Å². The lowest BCUT2D eigenvalue weighted by molar-refractivity contribution is -0.135. The molecule has 1 aromatic rings. The summed E-state index contributed by atoms with van der Waals surface area (Å²) in [5.74, 6) is 0.0163. The summed E-state index contributed by atoms with van der Waals surface area (Å²) < 4.78 is 32.6. The highest BCUT2D eigenvalue weighted by Crippen LogP contribution is 2.38. The zero-order chi connectivity index (χ0) is 14.6. The minimum absolute atomic E-state index is 0.0151. The van der Waals surface area contributed by atoms with E-state index in [1.807, 2.05) is 0 Å². The van der Waals surface area contributed by atoms with Gasteiger partial charge in [-0.05, 0) is 37.8 Å². The van der Waals surface area contributed by atoms with E-state index >= 15 is 0 Å². The Morgan fingerprint density at radius 2 is 2.10 bits per heavy atom. The molecule has 2 aliphatic heterocycles. The number of nitrogens with zero attached hydrogens (tertiary/aromatic N) is 1. The highest BCUT2D eigenvalue weighted by atomic mass is 32.2. The quantitative estimate of drug-likeness (QED) is 0.657. The first kappa shape index (κ1) is 13.1. The second-order valence-electron chi connectivity index (χ2n) is 5.80. The lowest BCUT2D eigenvalue weighted by Gasteiger charge is -2.33. The molecule has 7 heteroatoms. The predicted octanol–water partition coefficient (Wildman–Crippen LogP) is 1.22. The maximum atomic E-state index is 12.3.